The Bertz CT molecular complexity index is 208. The van der Waals surface area contributed by atoms with Crippen molar-refractivity contribution in [2.24, 2.45) is 17.6 Å². The van der Waals surface area contributed by atoms with Crippen LogP contribution in [0.4, 0.5) is 0 Å². The van der Waals surface area contributed by atoms with Gasteiger partial charge in [-0.05, 0) is 50.6 Å². The normalized spacial score (nSPS) is 44.8. The molecule has 2 saturated carbocycles. The summed E-state index contributed by atoms with van der Waals surface area (Å²) in [6.07, 6.45) is 8.47. The molecule has 80 valence electrons. The molecule has 0 bridgehead atoms. The molecule has 3 atom stereocenters. The van der Waals surface area contributed by atoms with E-state index in [1.807, 2.05) is 0 Å². The van der Waals surface area contributed by atoms with Gasteiger partial charge in [0.1, 0.15) is 0 Å². The van der Waals surface area contributed by atoms with E-state index in [-0.39, 0.29) is 0 Å². The van der Waals surface area contributed by atoms with E-state index >= 15 is 0 Å². The van der Waals surface area contributed by atoms with E-state index < -0.39 is 0 Å². The van der Waals surface area contributed by atoms with E-state index in [9.17, 15) is 0 Å². The molecule has 3 aliphatic rings. The van der Waals surface area contributed by atoms with E-state index in [0.717, 1.165) is 17.9 Å². The molecule has 1 saturated heterocycles. The maximum atomic E-state index is 5.94. The Balaban J connectivity index is 1.59. The van der Waals surface area contributed by atoms with Crippen LogP contribution < -0.4 is 5.73 Å². The van der Waals surface area contributed by atoms with Crippen molar-refractivity contribution in [3.05, 3.63) is 0 Å². The summed E-state index contributed by atoms with van der Waals surface area (Å²) in [5.74, 6) is 2.20. The van der Waals surface area contributed by atoms with Gasteiger partial charge in [-0.25, -0.2) is 0 Å². The van der Waals surface area contributed by atoms with Crippen molar-refractivity contribution in [2.45, 2.75) is 50.6 Å². The van der Waals surface area contributed by atoms with Crippen molar-refractivity contribution < 1.29 is 0 Å². The topological polar surface area (TPSA) is 29.3 Å². The molecule has 3 unspecified atom stereocenters. The average Bonchev–Trinajstić information content (AvgIpc) is 2.97. The minimum atomic E-state index is 0.491. The summed E-state index contributed by atoms with van der Waals surface area (Å²) in [5, 5.41) is 0. The molecule has 14 heavy (non-hydrogen) atoms. The molecule has 2 N–H and O–H groups in total. The van der Waals surface area contributed by atoms with Crippen LogP contribution in [0.2, 0.25) is 0 Å². The first kappa shape index (κ1) is 9.17. The molecule has 0 aromatic heterocycles. The molecule has 0 radical (unpaired) electrons. The second-order valence-corrected chi connectivity index (χ2v) is 5.53. The van der Waals surface area contributed by atoms with Crippen LogP contribution >= 0.6 is 0 Å². The van der Waals surface area contributed by atoms with Gasteiger partial charge in [0, 0.05) is 12.1 Å². The first-order chi connectivity index (χ1) is 6.84. The van der Waals surface area contributed by atoms with Gasteiger partial charge in [-0.15, -0.1) is 0 Å². The lowest BCUT2D eigenvalue weighted by molar-refractivity contribution is 0.113. The van der Waals surface area contributed by atoms with Gasteiger partial charge < -0.3 is 5.73 Å². The summed E-state index contributed by atoms with van der Waals surface area (Å²) in [4.78, 5) is 2.74. The highest BCUT2D eigenvalue weighted by atomic mass is 15.2. The fourth-order valence-electron chi connectivity index (χ4n) is 3.58. The smallest absolute Gasteiger partial charge is 0.0126 e. The fourth-order valence-corrected chi connectivity index (χ4v) is 3.58. The summed E-state index contributed by atoms with van der Waals surface area (Å²) < 4.78 is 0. The third-order valence-corrected chi connectivity index (χ3v) is 4.59. The van der Waals surface area contributed by atoms with E-state index in [4.69, 9.17) is 5.73 Å². The quantitative estimate of drug-likeness (QED) is 0.687. The number of likely N-dealkylation sites (tertiary alicyclic amines) is 1. The van der Waals surface area contributed by atoms with Crippen molar-refractivity contribution in [1.82, 2.24) is 4.90 Å². The Morgan fingerprint density at radius 3 is 2.57 bits per heavy atom. The molecule has 2 heteroatoms. The van der Waals surface area contributed by atoms with Crippen LogP contribution in [0.3, 0.4) is 0 Å². The number of hydrogen-bond donors (Lipinski definition) is 1. The summed E-state index contributed by atoms with van der Waals surface area (Å²) >= 11 is 0. The minimum absolute atomic E-state index is 0.491. The number of rotatable bonds is 1. The highest BCUT2D eigenvalue weighted by Gasteiger charge is 2.47. The highest BCUT2D eigenvalue weighted by molar-refractivity contribution is 5.00. The molecular formula is C12H22N2. The van der Waals surface area contributed by atoms with Gasteiger partial charge in [-0.1, -0.05) is 12.8 Å². The van der Waals surface area contributed by atoms with Crippen LogP contribution in [0.25, 0.3) is 0 Å². The Kier molecular flexibility index (Phi) is 2.29. The molecule has 3 rings (SSSR count). The molecule has 1 heterocycles. The van der Waals surface area contributed by atoms with Crippen molar-refractivity contribution in [1.29, 1.82) is 0 Å². The SMILES string of the molecule is NC1CCN(C2CCCC3CC32)CC1. The minimum Gasteiger partial charge on any atom is -0.328 e. The maximum Gasteiger partial charge on any atom is 0.0126 e. The Morgan fingerprint density at radius 1 is 1.00 bits per heavy atom. The zero-order valence-corrected chi connectivity index (χ0v) is 8.99. The lowest BCUT2D eigenvalue weighted by atomic mass is 9.92. The predicted molar refractivity (Wildman–Crippen MR) is 58.0 cm³/mol. The predicted octanol–water partition coefficient (Wildman–Crippen LogP) is 1.60. The fraction of sp³-hybridized carbons (Fsp3) is 1.00. The molecule has 0 aromatic rings. The Hall–Kier alpha value is -0.0800. The molecule has 2 aliphatic carbocycles. The average molecular weight is 194 g/mol. The second-order valence-electron chi connectivity index (χ2n) is 5.53. The molecule has 3 fully saturated rings. The summed E-state index contributed by atoms with van der Waals surface area (Å²) in [5.41, 5.74) is 5.94. The van der Waals surface area contributed by atoms with Gasteiger partial charge in [0.15, 0.2) is 0 Å². The maximum absolute atomic E-state index is 5.94. The molecule has 0 aromatic carbocycles. The van der Waals surface area contributed by atoms with Crippen molar-refractivity contribution in [3.8, 4) is 0 Å². The van der Waals surface area contributed by atoms with Crippen LogP contribution in [0, 0.1) is 11.8 Å². The van der Waals surface area contributed by atoms with E-state index in [2.05, 4.69) is 4.90 Å². The van der Waals surface area contributed by atoms with Gasteiger partial charge in [0.2, 0.25) is 0 Å². The Morgan fingerprint density at radius 2 is 1.79 bits per heavy atom. The summed E-state index contributed by atoms with van der Waals surface area (Å²) in [6.45, 7) is 2.55. The summed E-state index contributed by atoms with van der Waals surface area (Å²) in [6, 6.07) is 1.44. The Labute approximate surface area is 86.8 Å². The van der Waals surface area contributed by atoms with Gasteiger partial charge >= 0.3 is 0 Å². The molecular weight excluding hydrogens is 172 g/mol. The third kappa shape index (κ3) is 1.59. The molecule has 2 nitrogen and oxygen atoms in total. The van der Waals surface area contributed by atoms with Gasteiger partial charge in [-0.3, -0.25) is 4.90 Å². The number of nitrogens with two attached hydrogens (primary N) is 1. The van der Waals surface area contributed by atoms with E-state index in [0.29, 0.717) is 6.04 Å². The van der Waals surface area contributed by atoms with Crippen molar-refractivity contribution in [2.75, 3.05) is 13.1 Å². The standard InChI is InChI=1S/C12H22N2/c13-10-4-6-14(7-5-10)12-3-1-2-9-8-11(9)12/h9-12H,1-8,13H2. The van der Waals surface area contributed by atoms with E-state index in [1.165, 1.54) is 51.6 Å². The monoisotopic (exact) mass is 194 g/mol. The number of fused-ring (bicyclic) bond motifs is 1. The second kappa shape index (κ2) is 3.49. The lowest BCUT2D eigenvalue weighted by Gasteiger charge is -2.38. The highest BCUT2D eigenvalue weighted by Crippen LogP contribution is 2.51. The number of nitrogens with zero attached hydrogens (tertiary/aromatic N) is 1. The van der Waals surface area contributed by atoms with Crippen LogP contribution in [0.5, 0.6) is 0 Å². The van der Waals surface area contributed by atoms with Gasteiger partial charge in [-0.2, -0.15) is 0 Å². The first-order valence-corrected chi connectivity index (χ1v) is 6.34. The lowest BCUT2D eigenvalue weighted by Crippen LogP contribution is -2.46. The zero-order chi connectivity index (χ0) is 9.54. The third-order valence-electron chi connectivity index (χ3n) is 4.59. The number of hydrogen-bond acceptors (Lipinski definition) is 2. The van der Waals surface area contributed by atoms with Crippen LogP contribution in [-0.2, 0) is 0 Å². The molecule has 0 spiro atoms. The first-order valence-electron chi connectivity index (χ1n) is 6.34. The molecule has 0 amide bonds. The molecule has 1 aliphatic heterocycles. The zero-order valence-electron chi connectivity index (χ0n) is 8.99. The van der Waals surface area contributed by atoms with Crippen LogP contribution in [0.15, 0.2) is 0 Å². The summed E-state index contributed by atoms with van der Waals surface area (Å²) in [7, 11) is 0. The van der Waals surface area contributed by atoms with Crippen LogP contribution in [0.1, 0.15) is 38.5 Å². The van der Waals surface area contributed by atoms with Gasteiger partial charge in [0.25, 0.3) is 0 Å². The van der Waals surface area contributed by atoms with Crippen molar-refractivity contribution >= 4 is 0 Å². The largest absolute Gasteiger partial charge is 0.328 e. The van der Waals surface area contributed by atoms with Crippen molar-refractivity contribution in [3.63, 3.8) is 0 Å². The number of piperidine rings is 1. The van der Waals surface area contributed by atoms with Crippen LogP contribution in [-0.4, -0.2) is 30.1 Å². The van der Waals surface area contributed by atoms with E-state index in [1.54, 1.807) is 0 Å². The van der Waals surface area contributed by atoms with Gasteiger partial charge in [0.05, 0.1) is 0 Å².